The second kappa shape index (κ2) is 11.3. The molecule has 4 rings (SSSR count). The van der Waals surface area contributed by atoms with Gasteiger partial charge in [-0.3, -0.25) is 4.90 Å². The first-order valence-electron chi connectivity index (χ1n) is 11.7. The summed E-state index contributed by atoms with van der Waals surface area (Å²) in [4.78, 5) is 13.8. The Hall–Kier alpha value is -2.77. The van der Waals surface area contributed by atoms with E-state index in [0.29, 0.717) is 51.0 Å². The van der Waals surface area contributed by atoms with Crippen LogP contribution in [0, 0.1) is 0 Å². The Balaban J connectivity index is 1.43. The maximum atomic E-state index is 13.4. The van der Waals surface area contributed by atoms with E-state index in [4.69, 9.17) is 14.3 Å². The summed E-state index contributed by atoms with van der Waals surface area (Å²) in [7, 11) is -3.68. The molecule has 1 aliphatic heterocycles. The van der Waals surface area contributed by atoms with E-state index in [2.05, 4.69) is 4.90 Å². The molecule has 0 radical (unpaired) electrons. The third-order valence-corrected chi connectivity index (χ3v) is 8.11. The lowest BCUT2D eigenvalue weighted by Crippen LogP contribution is -2.49. The van der Waals surface area contributed by atoms with Gasteiger partial charge in [0.2, 0.25) is 10.0 Å². The third-order valence-electron chi connectivity index (χ3n) is 6.20. The van der Waals surface area contributed by atoms with Crippen LogP contribution in [0.4, 0.5) is 13.2 Å². The zero-order chi connectivity index (χ0) is 26.6. The number of ether oxygens (including phenoxy) is 1. The first-order chi connectivity index (χ1) is 17.6. The van der Waals surface area contributed by atoms with Gasteiger partial charge in [-0.2, -0.15) is 17.5 Å². The molecular weight excluding hydrogens is 513 g/mol. The predicted molar refractivity (Wildman–Crippen MR) is 130 cm³/mol. The standard InChI is InChI=1S/C25H27F3N2O6S/c26-25(27,28)22-17-24(32)36-23-6-3-19(16-21(22)23)15-18-1-4-20(5-2-18)37(33,34)30-9-7-29(8-10-30)11-13-35-14-12-31/h1-6,16-17,31H,7-15H2. The van der Waals surface area contributed by atoms with Crippen molar-refractivity contribution in [2.24, 2.45) is 0 Å². The van der Waals surface area contributed by atoms with Crippen molar-refractivity contribution in [2.75, 3.05) is 52.5 Å². The van der Waals surface area contributed by atoms with Gasteiger partial charge in [0.15, 0.2) is 0 Å². The van der Waals surface area contributed by atoms with E-state index in [1.807, 2.05) is 0 Å². The van der Waals surface area contributed by atoms with Crippen molar-refractivity contribution in [3.8, 4) is 0 Å². The third kappa shape index (κ3) is 6.57. The molecule has 1 aliphatic rings. The van der Waals surface area contributed by atoms with Crippen LogP contribution in [-0.4, -0.2) is 75.3 Å². The van der Waals surface area contributed by atoms with Crippen LogP contribution in [0.25, 0.3) is 11.0 Å². The van der Waals surface area contributed by atoms with E-state index in [-0.39, 0.29) is 35.5 Å². The van der Waals surface area contributed by atoms with Gasteiger partial charge in [0.05, 0.1) is 30.3 Å². The fourth-order valence-corrected chi connectivity index (χ4v) is 5.69. The summed E-state index contributed by atoms with van der Waals surface area (Å²) >= 11 is 0. The van der Waals surface area contributed by atoms with E-state index >= 15 is 0 Å². The zero-order valence-corrected chi connectivity index (χ0v) is 20.7. The molecule has 0 bridgehead atoms. The van der Waals surface area contributed by atoms with Gasteiger partial charge >= 0.3 is 11.8 Å². The molecule has 0 saturated carbocycles. The van der Waals surface area contributed by atoms with Crippen molar-refractivity contribution in [1.82, 2.24) is 9.21 Å². The van der Waals surface area contributed by atoms with E-state index in [9.17, 15) is 26.4 Å². The average Bonchev–Trinajstić information content (AvgIpc) is 2.86. The number of rotatable bonds is 9. The Labute approximate surface area is 211 Å². The second-order valence-corrected chi connectivity index (χ2v) is 10.6. The number of nitrogens with zero attached hydrogens (tertiary/aromatic N) is 2. The molecule has 1 aromatic heterocycles. The Morgan fingerprint density at radius 2 is 1.62 bits per heavy atom. The van der Waals surface area contributed by atoms with Crippen LogP contribution in [-0.2, 0) is 27.4 Å². The Morgan fingerprint density at radius 1 is 0.946 bits per heavy atom. The molecule has 200 valence electrons. The molecule has 0 aliphatic carbocycles. The molecule has 0 unspecified atom stereocenters. The topological polar surface area (TPSA) is 100 Å². The molecule has 37 heavy (non-hydrogen) atoms. The number of aliphatic hydroxyl groups excluding tert-OH is 1. The highest BCUT2D eigenvalue weighted by Gasteiger charge is 2.34. The highest BCUT2D eigenvalue weighted by molar-refractivity contribution is 7.89. The van der Waals surface area contributed by atoms with Crippen LogP contribution in [0.15, 0.2) is 62.6 Å². The van der Waals surface area contributed by atoms with Gasteiger partial charge in [-0.15, -0.1) is 0 Å². The molecular formula is C25H27F3N2O6S. The number of sulfonamides is 1. The maximum absolute atomic E-state index is 13.4. The molecule has 8 nitrogen and oxygen atoms in total. The fourth-order valence-electron chi connectivity index (χ4n) is 4.27. The number of aliphatic hydroxyl groups is 1. The molecule has 0 atom stereocenters. The van der Waals surface area contributed by atoms with E-state index < -0.39 is 27.4 Å². The normalized spacial score (nSPS) is 15.9. The highest BCUT2D eigenvalue weighted by atomic mass is 32.2. The van der Waals surface area contributed by atoms with Crippen molar-refractivity contribution in [3.05, 3.63) is 75.6 Å². The molecule has 1 N–H and O–H groups in total. The van der Waals surface area contributed by atoms with Gasteiger partial charge in [0.1, 0.15) is 5.58 Å². The molecule has 0 amide bonds. The van der Waals surface area contributed by atoms with Crippen LogP contribution in [0.5, 0.6) is 0 Å². The quantitative estimate of drug-likeness (QED) is 0.329. The highest BCUT2D eigenvalue weighted by Crippen LogP contribution is 2.34. The van der Waals surface area contributed by atoms with E-state index in [1.165, 1.54) is 28.6 Å². The number of piperazine rings is 1. The van der Waals surface area contributed by atoms with Crippen molar-refractivity contribution < 1.29 is 35.8 Å². The Kier molecular flexibility index (Phi) is 8.34. The molecule has 1 fully saturated rings. The van der Waals surface area contributed by atoms with Gasteiger partial charge in [-0.25, -0.2) is 13.2 Å². The number of benzene rings is 2. The lowest BCUT2D eigenvalue weighted by atomic mass is 10.0. The van der Waals surface area contributed by atoms with Crippen LogP contribution in [0.1, 0.15) is 16.7 Å². The molecule has 3 aromatic rings. The predicted octanol–water partition coefficient (Wildman–Crippen LogP) is 2.72. The minimum Gasteiger partial charge on any atom is -0.423 e. The number of hydrogen-bond acceptors (Lipinski definition) is 7. The smallest absolute Gasteiger partial charge is 0.417 e. The van der Waals surface area contributed by atoms with Gasteiger partial charge in [-0.05, 0) is 41.8 Å². The Morgan fingerprint density at radius 3 is 2.27 bits per heavy atom. The van der Waals surface area contributed by atoms with Crippen molar-refractivity contribution in [3.63, 3.8) is 0 Å². The zero-order valence-electron chi connectivity index (χ0n) is 19.9. The summed E-state index contributed by atoms with van der Waals surface area (Å²) in [5.41, 5.74) is -1.00. The monoisotopic (exact) mass is 540 g/mol. The van der Waals surface area contributed by atoms with Gasteiger partial charge in [0, 0.05) is 44.2 Å². The van der Waals surface area contributed by atoms with Crippen molar-refractivity contribution >= 4 is 21.0 Å². The summed E-state index contributed by atoms with van der Waals surface area (Å²) in [6.07, 6.45) is -4.44. The largest absolute Gasteiger partial charge is 0.423 e. The van der Waals surface area contributed by atoms with Gasteiger partial charge < -0.3 is 14.3 Å². The second-order valence-electron chi connectivity index (χ2n) is 8.71. The first-order valence-corrected chi connectivity index (χ1v) is 13.2. The SMILES string of the molecule is O=c1cc(C(F)(F)F)c2cc(Cc3ccc(S(=O)(=O)N4CCN(CCOCCO)CC4)cc3)ccc2o1. The van der Waals surface area contributed by atoms with Crippen LogP contribution in [0.3, 0.4) is 0 Å². The van der Waals surface area contributed by atoms with E-state index in [0.717, 1.165) is 5.56 Å². The lowest BCUT2D eigenvalue weighted by Gasteiger charge is -2.33. The summed E-state index contributed by atoms with van der Waals surface area (Å²) in [6, 6.07) is 11.0. The molecule has 12 heteroatoms. The van der Waals surface area contributed by atoms with Crippen molar-refractivity contribution in [2.45, 2.75) is 17.5 Å². The molecule has 2 aromatic carbocycles. The number of hydrogen-bond donors (Lipinski definition) is 1. The minimum atomic E-state index is -4.71. The summed E-state index contributed by atoms with van der Waals surface area (Å²) in [5, 5.41) is 8.54. The van der Waals surface area contributed by atoms with Gasteiger partial charge in [-0.1, -0.05) is 18.2 Å². The Bertz CT molecular complexity index is 1380. The molecule has 1 saturated heterocycles. The van der Waals surface area contributed by atoms with Crippen LogP contribution >= 0.6 is 0 Å². The number of fused-ring (bicyclic) bond motifs is 1. The molecule has 2 heterocycles. The fraction of sp³-hybridized carbons (Fsp3) is 0.400. The molecule has 0 spiro atoms. The number of alkyl halides is 3. The number of halogens is 3. The van der Waals surface area contributed by atoms with Crippen LogP contribution < -0.4 is 5.63 Å². The van der Waals surface area contributed by atoms with E-state index in [1.54, 1.807) is 18.2 Å². The maximum Gasteiger partial charge on any atom is 0.417 e. The minimum absolute atomic E-state index is 0.0361. The summed E-state index contributed by atoms with van der Waals surface area (Å²) in [5.74, 6) is 0. The first kappa shape index (κ1) is 27.3. The lowest BCUT2D eigenvalue weighted by molar-refractivity contribution is -0.136. The summed E-state index contributed by atoms with van der Waals surface area (Å²) < 4.78 is 78.0. The van der Waals surface area contributed by atoms with Crippen LogP contribution in [0.2, 0.25) is 0 Å². The average molecular weight is 541 g/mol. The van der Waals surface area contributed by atoms with Crippen molar-refractivity contribution in [1.29, 1.82) is 0 Å². The summed E-state index contributed by atoms with van der Waals surface area (Å²) in [6.45, 7) is 3.21. The van der Waals surface area contributed by atoms with Gasteiger partial charge in [0.25, 0.3) is 0 Å².